The predicted octanol–water partition coefficient (Wildman–Crippen LogP) is 5.08. The van der Waals surface area contributed by atoms with Crippen LogP contribution in [0.25, 0.3) is 0 Å². The van der Waals surface area contributed by atoms with E-state index in [1.54, 1.807) is 12.1 Å². The molecule has 0 aliphatic rings. The van der Waals surface area contributed by atoms with E-state index in [4.69, 9.17) is 11.6 Å². The van der Waals surface area contributed by atoms with Gasteiger partial charge in [-0.15, -0.1) is 0 Å². The smallest absolute Gasteiger partial charge is 0.134 e. The summed E-state index contributed by atoms with van der Waals surface area (Å²) >= 11 is 5.80. The molecule has 1 N–H and O–H groups in total. The van der Waals surface area contributed by atoms with Crippen LogP contribution >= 0.6 is 11.6 Å². The summed E-state index contributed by atoms with van der Waals surface area (Å²) in [6, 6.07) is 10.8. The van der Waals surface area contributed by atoms with Gasteiger partial charge in [-0.05, 0) is 49.2 Å². The van der Waals surface area contributed by atoms with Crippen molar-refractivity contribution >= 4 is 23.0 Å². The summed E-state index contributed by atoms with van der Waals surface area (Å²) in [5.74, 6) is 0.0438. The van der Waals surface area contributed by atoms with Crippen LogP contribution in [0.3, 0.4) is 0 Å². The number of phenolic OH excluding ortho intramolecular Hbond substituents is 1. The van der Waals surface area contributed by atoms with Crippen molar-refractivity contribution in [2.75, 3.05) is 0 Å². The van der Waals surface area contributed by atoms with E-state index >= 15 is 0 Å². The van der Waals surface area contributed by atoms with Crippen molar-refractivity contribution in [2.24, 2.45) is 10.2 Å². The molecule has 0 aliphatic heterocycles. The van der Waals surface area contributed by atoms with E-state index in [0.717, 1.165) is 16.8 Å². The van der Waals surface area contributed by atoms with Gasteiger partial charge in [0.25, 0.3) is 0 Å². The second-order valence-electron chi connectivity index (χ2n) is 4.13. The molecule has 0 atom stereocenters. The van der Waals surface area contributed by atoms with Gasteiger partial charge in [-0.2, -0.15) is 10.2 Å². The van der Waals surface area contributed by atoms with Gasteiger partial charge in [0.15, 0.2) is 0 Å². The fourth-order valence-electron chi connectivity index (χ4n) is 1.50. The first-order valence-electron chi connectivity index (χ1n) is 5.54. The van der Waals surface area contributed by atoms with E-state index in [9.17, 15) is 5.11 Å². The van der Waals surface area contributed by atoms with Gasteiger partial charge in [-0.25, -0.2) is 0 Å². The molecule has 4 heteroatoms. The zero-order chi connectivity index (χ0) is 13.1. The van der Waals surface area contributed by atoms with Crippen molar-refractivity contribution in [1.82, 2.24) is 0 Å². The third-order valence-electron chi connectivity index (χ3n) is 2.57. The van der Waals surface area contributed by atoms with E-state index in [-0.39, 0.29) is 10.8 Å². The van der Waals surface area contributed by atoms with Gasteiger partial charge in [0.2, 0.25) is 0 Å². The summed E-state index contributed by atoms with van der Waals surface area (Å²) < 4.78 is 0. The second-order valence-corrected chi connectivity index (χ2v) is 4.53. The summed E-state index contributed by atoms with van der Waals surface area (Å²) in [5, 5.41) is 17.9. The lowest BCUT2D eigenvalue weighted by Crippen LogP contribution is -1.76. The largest absolute Gasteiger partial charge is 0.506 e. The lowest BCUT2D eigenvalue weighted by Gasteiger charge is -2.00. The van der Waals surface area contributed by atoms with Crippen LogP contribution in [-0.4, -0.2) is 5.11 Å². The van der Waals surface area contributed by atoms with Crippen molar-refractivity contribution in [3.05, 3.63) is 52.5 Å². The topological polar surface area (TPSA) is 45.0 Å². The van der Waals surface area contributed by atoms with E-state index in [1.807, 2.05) is 32.0 Å². The van der Waals surface area contributed by atoms with Crippen LogP contribution in [0.5, 0.6) is 5.75 Å². The number of aryl methyl sites for hydroxylation is 2. The monoisotopic (exact) mass is 260 g/mol. The number of halogens is 1. The Morgan fingerprint density at radius 2 is 1.78 bits per heavy atom. The minimum atomic E-state index is 0.0438. The van der Waals surface area contributed by atoms with Crippen LogP contribution in [0.15, 0.2) is 46.6 Å². The molecule has 0 aliphatic carbocycles. The molecule has 0 saturated heterocycles. The zero-order valence-corrected chi connectivity index (χ0v) is 10.9. The third-order valence-corrected chi connectivity index (χ3v) is 2.87. The average Bonchev–Trinajstić information content (AvgIpc) is 2.34. The summed E-state index contributed by atoms with van der Waals surface area (Å²) in [6.45, 7) is 3.99. The molecule has 2 aromatic rings. The molecule has 0 amide bonds. The molecular weight excluding hydrogens is 248 g/mol. The van der Waals surface area contributed by atoms with Crippen molar-refractivity contribution < 1.29 is 5.11 Å². The number of hydrogen-bond donors (Lipinski definition) is 1. The first-order valence-corrected chi connectivity index (χ1v) is 5.91. The van der Waals surface area contributed by atoms with Gasteiger partial charge in [-0.3, -0.25) is 0 Å². The van der Waals surface area contributed by atoms with Crippen LogP contribution in [0, 0.1) is 13.8 Å². The van der Waals surface area contributed by atoms with Crippen LogP contribution in [0.4, 0.5) is 11.4 Å². The molecule has 0 saturated carbocycles. The molecule has 0 bridgehead atoms. The molecule has 92 valence electrons. The highest BCUT2D eigenvalue weighted by Crippen LogP contribution is 2.29. The summed E-state index contributed by atoms with van der Waals surface area (Å²) in [4.78, 5) is 0. The molecule has 2 rings (SSSR count). The van der Waals surface area contributed by atoms with Crippen LogP contribution in [0.2, 0.25) is 5.02 Å². The number of benzene rings is 2. The maximum absolute atomic E-state index is 9.31. The maximum atomic E-state index is 9.31. The van der Waals surface area contributed by atoms with Gasteiger partial charge in [0, 0.05) is 0 Å². The average molecular weight is 261 g/mol. The molecule has 0 unspecified atom stereocenters. The van der Waals surface area contributed by atoms with Crippen LogP contribution < -0.4 is 0 Å². The van der Waals surface area contributed by atoms with Crippen molar-refractivity contribution in [1.29, 1.82) is 0 Å². The first kappa shape index (κ1) is 12.6. The summed E-state index contributed by atoms with van der Waals surface area (Å²) in [6.07, 6.45) is 0. The minimum absolute atomic E-state index is 0.0438. The quantitative estimate of drug-likeness (QED) is 0.752. The molecule has 0 radical (unpaired) electrons. The number of hydrogen-bond acceptors (Lipinski definition) is 3. The maximum Gasteiger partial charge on any atom is 0.134 e. The van der Waals surface area contributed by atoms with E-state index < -0.39 is 0 Å². The number of rotatable bonds is 2. The first-order chi connectivity index (χ1) is 8.56. The van der Waals surface area contributed by atoms with Crippen molar-refractivity contribution in [2.45, 2.75) is 13.8 Å². The van der Waals surface area contributed by atoms with Gasteiger partial charge in [0.1, 0.15) is 5.75 Å². The van der Waals surface area contributed by atoms with Crippen molar-refractivity contribution in [3.63, 3.8) is 0 Å². The fraction of sp³-hybridized carbons (Fsp3) is 0.143. The Hall–Kier alpha value is -1.87. The Morgan fingerprint density at radius 3 is 2.50 bits per heavy atom. The lowest BCUT2D eigenvalue weighted by atomic mass is 10.1. The zero-order valence-electron chi connectivity index (χ0n) is 10.2. The number of phenols is 1. The molecule has 0 spiro atoms. The van der Waals surface area contributed by atoms with E-state index in [1.165, 1.54) is 6.07 Å². The van der Waals surface area contributed by atoms with Crippen LogP contribution in [-0.2, 0) is 0 Å². The Labute approximate surface area is 111 Å². The number of azo groups is 1. The molecule has 0 heterocycles. The molecule has 0 fully saturated rings. The SMILES string of the molecule is Cc1ccc(C)c(N=Nc2ccc(O)c(Cl)c2)c1. The number of aromatic hydroxyl groups is 1. The third kappa shape index (κ3) is 2.87. The molecule has 18 heavy (non-hydrogen) atoms. The highest BCUT2D eigenvalue weighted by atomic mass is 35.5. The van der Waals surface area contributed by atoms with Gasteiger partial charge < -0.3 is 5.11 Å². The molecule has 2 aromatic carbocycles. The fourth-order valence-corrected chi connectivity index (χ4v) is 1.67. The van der Waals surface area contributed by atoms with Gasteiger partial charge in [-0.1, -0.05) is 23.7 Å². The predicted molar refractivity (Wildman–Crippen MR) is 73.2 cm³/mol. The highest BCUT2D eigenvalue weighted by Gasteiger charge is 2.00. The van der Waals surface area contributed by atoms with E-state index in [0.29, 0.717) is 5.69 Å². The summed E-state index contributed by atoms with van der Waals surface area (Å²) in [7, 11) is 0. The second kappa shape index (κ2) is 5.19. The number of nitrogens with zero attached hydrogens (tertiary/aromatic N) is 2. The van der Waals surface area contributed by atoms with Crippen LogP contribution in [0.1, 0.15) is 11.1 Å². The molecular formula is C14H13ClN2O. The van der Waals surface area contributed by atoms with Crippen molar-refractivity contribution in [3.8, 4) is 5.75 Å². The van der Waals surface area contributed by atoms with E-state index in [2.05, 4.69) is 10.2 Å². The van der Waals surface area contributed by atoms with Gasteiger partial charge >= 0.3 is 0 Å². The Bertz CT molecular complexity index is 609. The highest BCUT2D eigenvalue weighted by molar-refractivity contribution is 6.32. The summed E-state index contributed by atoms with van der Waals surface area (Å²) in [5.41, 5.74) is 3.64. The molecule has 0 aromatic heterocycles. The normalized spacial score (nSPS) is 11.1. The minimum Gasteiger partial charge on any atom is -0.506 e. The Balaban J connectivity index is 2.29. The Morgan fingerprint density at radius 1 is 1.00 bits per heavy atom. The Kier molecular flexibility index (Phi) is 3.63. The van der Waals surface area contributed by atoms with Gasteiger partial charge in [0.05, 0.1) is 16.4 Å². The molecule has 3 nitrogen and oxygen atoms in total. The lowest BCUT2D eigenvalue weighted by molar-refractivity contribution is 0.475. The standard InChI is InChI=1S/C14H13ClN2O/c1-9-3-4-10(2)13(7-9)17-16-11-5-6-14(18)12(15)8-11/h3-8,18H,1-2H3.